The van der Waals surface area contributed by atoms with E-state index in [1.165, 1.54) is 6.07 Å². The molecule has 1 fully saturated rings. The average molecular weight is 538 g/mol. The number of hydrogen-bond donors (Lipinski definition) is 1. The van der Waals surface area contributed by atoms with Crippen molar-refractivity contribution in [3.05, 3.63) is 82.6 Å². The maximum absolute atomic E-state index is 13.1. The predicted octanol–water partition coefficient (Wildman–Crippen LogP) is 5.83. The third kappa shape index (κ3) is 5.89. The number of alkyl halides is 2. The van der Waals surface area contributed by atoms with Gasteiger partial charge in [-0.05, 0) is 62.4 Å². The second-order valence-electron chi connectivity index (χ2n) is 9.36. The first-order valence-corrected chi connectivity index (χ1v) is 12.6. The smallest absolute Gasteiger partial charge is 0.263 e. The lowest BCUT2D eigenvalue weighted by Crippen LogP contribution is -2.45. The number of aromatic nitrogens is 3. The lowest BCUT2D eigenvalue weighted by atomic mass is 10.1. The number of pyridine rings is 3. The van der Waals surface area contributed by atoms with Gasteiger partial charge in [-0.1, -0.05) is 17.7 Å². The fourth-order valence-corrected chi connectivity index (χ4v) is 4.79. The number of benzene rings is 1. The van der Waals surface area contributed by atoms with Crippen LogP contribution < -0.4 is 10.2 Å². The number of halogens is 3. The molecule has 0 radical (unpaired) electrons. The number of carbonyl (C=O) groups is 1. The van der Waals surface area contributed by atoms with Crippen molar-refractivity contribution in [1.82, 2.24) is 20.3 Å². The Labute approximate surface area is 223 Å². The molecule has 4 heterocycles. The molecule has 1 aliphatic rings. The summed E-state index contributed by atoms with van der Waals surface area (Å²) >= 11 is 5.91. The molecule has 0 spiro atoms. The zero-order valence-corrected chi connectivity index (χ0v) is 21.6. The van der Waals surface area contributed by atoms with E-state index in [1.807, 2.05) is 30.3 Å². The SMILES string of the molecule is C[C@@H]1CN(c2cccc(-c3ccc4cnc(CNC(=O)c5cc(Cl)cc(C(F)F)c5)cc4n3)n2)C[C@H](C)O1. The minimum atomic E-state index is -2.72. The highest BCUT2D eigenvalue weighted by atomic mass is 35.5. The molecular weight excluding hydrogens is 512 g/mol. The van der Waals surface area contributed by atoms with Crippen molar-refractivity contribution in [2.24, 2.45) is 0 Å². The number of anilines is 1. The highest BCUT2D eigenvalue weighted by Gasteiger charge is 2.23. The lowest BCUT2D eigenvalue weighted by Gasteiger charge is -2.36. The van der Waals surface area contributed by atoms with Crippen LogP contribution in [0.15, 0.2) is 60.8 Å². The van der Waals surface area contributed by atoms with Gasteiger partial charge in [0.25, 0.3) is 12.3 Å². The van der Waals surface area contributed by atoms with E-state index >= 15 is 0 Å². The molecule has 10 heteroatoms. The quantitative estimate of drug-likeness (QED) is 0.333. The van der Waals surface area contributed by atoms with Crippen LogP contribution in [0.5, 0.6) is 0 Å². The van der Waals surface area contributed by atoms with Crippen LogP contribution in [0.3, 0.4) is 0 Å². The summed E-state index contributed by atoms with van der Waals surface area (Å²) in [5.74, 6) is 0.353. The summed E-state index contributed by atoms with van der Waals surface area (Å²) in [6.45, 7) is 5.75. The van der Waals surface area contributed by atoms with Crippen LogP contribution in [-0.2, 0) is 11.3 Å². The van der Waals surface area contributed by atoms with Crippen LogP contribution in [0, 0.1) is 0 Å². The van der Waals surface area contributed by atoms with E-state index in [2.05, 4.69) is 29.0 Å². The van der Waals surface area contributed by atoms with E-state index in [9.17, 15) is 13.6 Å². The Balaban J connectivity index is 1.34. The number of hydrogen-bond acceptors (Lipinski definition) is 6. The van der Waals surface area contributed by atoms with E-state index in [1.54, 1.807) is 12.3 Å². The van der Waals surface area contributed by atoms with Gasteiger partial charge in [-0.25, -0.2) is 18.7 Å². The standard InChI is InChI=1S/C28H26ClF2N5O2/c1-16-14-36(15-17(2)38-16)26-5-3-4-23(35-26)24-7-6-18-12-32-22(11-25(18)34-24)13-33-28(37)20-8-19(27(30)31)9-21(29)10-20/h3-12,16-17,27H,13-15H2,1-2H3,(H,33,37)/t16-,17+. The molecule has 5 rings (SSSR count). The minimum absolute atomic E-state index is 0.0593. The summed E-state index contributed by atoms with van der Waals surface area (Å²) in [5.41, 5.74) is 2.49. The number of nitrogens with zero attached hydrogens (tertiary/aromatic N) is 4. The molecule has 1 amide bonds. The van der Waals surface area contributed by atoms with Crippen molar-refractivity contribution in [3.63, 3.8) is 0 Å². The van der Waals surface area contributed by atoms with Gasteiger partial charge in [0, 0.05) is 40.8 Å². The van der Waals surface area contributed by atoms with Crippen LogP contribution in [0.4, 0.5) is 14.6 Å². The Kier molecular flexibility index (Phi) is 7.49. The summed E-state index contributed by atoms with van der Waals surface area (Å²) in [6, 6.07) is 15.1. The fraction of sp³-hybridized carbons (Fsp3) is 0.286. The highest BCUT2D eigenvalue weighted by molar-refractivity contribution is 6.31. The van der Waals surface area contributed by atoms with Crippen LogP contribution in [0.1, 0.15) is 41.9 Å². The molecule has 1 saturated heterocycles. The molecule has 196 valence electrons. The summed E-state index contributed by atoms with van der Waals surface area (Å²) in [6.07, 6.45) is -0.791. The second-order valence-corrected chi connectivity index (χ2v) is 9.80. The number of carbonyl (C=O) groups excluding carboxylic acids is 1. The molecule has 2 atom stereocenters. The minimum Gasteiger partial charge on any atom is -0.372 e. The van der Waals surface area contributed by atoms with Crippen molar-refractivity contribution in [3.8, 4) is 11.4 Å². The first-order valence-electron chi connectivity index (χ1n) is 12.3. The largest absolute Gasteiger partial charge is 0.372 e. The zero-order valence-electron chi connectivity index (χ0n) is 20.9. The van der Waals surface area contributed by atoms with Crippen molar-refractivity contribution in [1.29, 1.82) is 0 Å². The maximum atomic E-state index is 13.1. The van der Waals surface area contributed by atoms with E-state index in [0.717, 1.165) is 42.1 Å². The van der Waals surface area contributed by atoms with Gasteiger partial charge in [-0.15, -0.1) is 0 Å². The number of ether oxygens (including phenoxy) is 1. The Morgan fingerprint density at radius 1 is 1.08 bits per heavy atom. The van der Waals surface area contributed by atoms with E-state index in [-0.39, 0.29) is 34.9 Å². The number of amides is 1. The summed E-state index contributed by atoms with van der Waals surface area (Å²) in [5, 5.41) is 3.62. The molecule has 38 heavy (non-hydrogen) atoms. The molecule has 0 unspecified atom stereocenters. The van der Waals surface area contributed by atoms with Gasteiger partial charge in [0.05, 0.1) is 41.4 Å². The molecule has 4 aromatic rings. The van der Waals surface area contributed by atoms with E-state index < -0.39 is 12.3 Å². The second kappa shape index (κ2) is 11.0. The van der Waals surface area contributed by atoms with E-state index in [0.29, 0.717) is 16.9 Å². The van der Waals surface area contributed by atoms with E-state index in [4.69, 9.17) is 26.3 Å². The maximum Gasteiger partial charge on any atom is 0.263 e. The molecule has 0 aliphatic carbocycles. The van der Waals surface area contributed by atoms with Crippen molar-refractivity contribution in [2.45, 2.75) is 39.0 Å². The lowest BCUT2D eigenvalue weighted by molar-refractivity contribution is -0.00545. The first kappa shape index (κ1) is 25.9. The Hall–Kier alpha value is -3.69. The summed E-state index contributed by atoms with van der Waals surface area (Å²) < 4.78 is 32.0. The number of fused-ring (bicyclic) bond motifs is 1. The highest BCUT2D eigenvalue weighted by Crippen LogP contribution is 2.25. The van der Waals surface area contributed by atoms with Gasteiger partial charge in [0.1, 0.15) is 5.82 Å². The Bertz CT molecular complexity index is 1480. The normalized spacial score (nSPS) is 17.7. The molecule has 0 saturated carbocycles. The van der Waals surface area contributed by atoms with Crippen molar-refractivity contribution >= 4 is 34.2 Å². The zero-order chi connectivity index (χ0) is 26.8. The van der Waals surface area contributed by atoms with Gasteiger partial charge in [0.2, 0.25) is 0 Å². The molecule has 1 aliphatic heterocycles. The monoisotopic (exact) mass is 537 g/mol. The molecule has 7 nitrogen and oxygen atoms in total. The topological polar surface area (TPSA) is 80.2 Å². The third-order valence-corrected chi connectivity index (χ3v) is 6.45. The summed E-state index contributed by atoms with van der Waals surface area (Å²) in [7, 11) is 0. The van der Waals surface area contributed by atoms with Gasteiger partial charge in [0.15, 0.2) is 0 Å². The number of rotatable bonds is 6. The fourth-order valence-electron chi connectivity index (χ4n) is 4.55. The first-order chi connectivity index (χ1) is 18.2. The third-order valence-electron chi connectivity index (χ3n) is 6.23. The number of morpholine rings is 1. The summed E-state index contributed by atoms with van der Waals surface area (Å²) in [4.78, 5) is 28.8. The van der Waals surface area contributed by atoms with Crippen LogP contribution in [0.25, 0.3) is 22.3 Å². The van der Waals surface area contributed by atoms with Crippen molar-refractivity contribution < 1.29 is 18.3 Å². The van der Waals surface area contributed by atoms with Crippen LogP contribution in [0.2, 0.25) is 5.02 Å². The van der Waals surface area contributed by atoms with Crippen molar-refractivity contribution in [2.75, 3.05) is 18.0 Å². The van der Waals surface area contributed by atoms with Gasteiger partial charge < -0.3 is 15.0 Å². The van der Waals surface area contributed by atoms with Crippen LogP contribution >= 0.6 is 11.6 Å². The predicted molar refractivity (Wildman–Crippen MR) is 143 cm³/mol. The van der Waals surface area contributed by atoms with Crippen LogP contribution in [-0.4, -0.2) is 46.2 Å². The molecule has 1 N–H and O–H groups in total. The van der Waals surface area contributed by atoms with Gasteiger partial charge in [-0.3, -0.25) is 9.78 Å². The number of nitrogens with one attached hydrogen (secondary N) is 1. The Morgan fingerprint density at radius 2 is 1.84 bits per heavy atom. The molecule has 0 bridgehead atoms. The van der Waals surface area contributed by atoms with Gasteiger partial charge >= 0.3 is 0 Å². The molecule has 1 aromatic carbocycles. The molecular formula is C28H26ClF2N5O2. The Morgan fingerprint density at radius 3 is 2.61 bits per heavy atom. The average Bonchev–Trinajstić information content (AvgIpc) is 2.90. The molecule has 3 aromatic heterocycles. The van der Waals surface area contributed by atoms with Gasteiger partial charge in [-0.2, -0.15) is 0 Å².